The maximum Gasteiger partial charge on any atom is 0.228 e. The van der Waals surface area contributed by atoms with Crippen molar-refractivity contribution < 1.29 is 24.0 Å². The molecule has 0 radical (unpaired) electrons. The average Bonchev–Trinajstić information content (AvgIpc) is 3.35. The summed E-state index contributed by atoms with van der Waals surface area (Å²) in [6, 6.07) is 9.31. The van der Waals surface area contributed by atoms with Gasteiger partial charge in [-0.2, -0.15) is 9.83 Å². The van der Waals surface area contributed by atoms with Crippen LogP contribution >= 0.6 is 0 Å². The molecule has 3 aromatic rings. The zero-order valence-corrected chi connectivity index (χ0v) is 18.6. The van der Waals surface area contributed by atoms with E-state index in [0.29, 0.717) is 36.4 Å². The van der Waals surface area contributed by atoms with E-state index in [1.807, 2.05) is 28.9 Å². The summed E-state index contributed by atoms with van der Waals surface area (Å²) in [5.41, 5.74) is 2.31. The molecule has 2 unspecified atom stereocenters. The second-order valence-corrected chi connectivity index (χ2v) is 8.60. The molecular formula is C24H30N4O5. The third kappa shape index (κ3) is 4.96. The minimum Gasteiger partial charge on any atom is -0.618 e. The minimum absolute atomic E-state index is 0.0820. The highest BCUT2D eigenvalue weighted by Gasteiger charge is 2.21. The summed E-state index contributed by atoms with van der Waals surface area (Å²) >= 11 is 0. The van der Waals surface area contributed by atoms with E-state index in [-0.39, 0.29) is 12.8 Å². The highest BCUT2D eigenvalue weighted by atomic mass is 16.5. The van der Waals surface area contributed by atoms with Crippen LogP contribution in [0.3, 0.4) is 0 Å². The van der Waals surface area contributed by atoms with Crippen molar-refractivity contribution in [2.75, 3.05) is 46.1 Å². The number of benzene rings is 1. The second kappa shape index (κ2) is 10.0. The lowest BCUT2D eigenvalue weighted by Gasteiger charge is -2.28. The molecule has 1 aromatic carbocycles. The smallest absolute Gasteiger partial charge is 0.228 e. The van der Waals surface area contributed by atoms with Crippen LogP contribution in [0.4, 0.5) is 0 Å². The molecule has 2 aliphatic rings. The highest BCUT2D eigenvalue weighted by molar-refractivity contribution is 5.86. The predicted molar refractivity (Wildman–Crippen MR) is 122 cm³/mol. The lowest BCUT2D eigenvalue weighted by Crippen LogP contribution is -2.42. The first-order chi connectivity index (χ1) is 16.2. The number of nitrogens with zero attached hydrogens (tertiary/aromatic N) is 4. The van der Waals surface area contributed by atoms with Gasteiger partial charge in [0, 0.05) is 50.1 Å². The molecule has 0 saturated carbocycles. The first kappa shape index (κ1) is 22.1. The lowest BCUT2D eigenvalue weighted by molar-refractivity contribution is -0.577. The van der Waals surface area contributed by atoms with Gasteiger partial charge >= 0.3 is 0 Å². The molecule has 4 heterocycles. The summed E-state index contributed by atoms with van der Waals surface area (Å²) in [6.07, 6.45) is 5.61. The summed E-state index contributed by atoms with van der Waals surface area (Å²) in [7, 11) is 0. The fourth-order valence-corrected chi connectivity index (χ4v) is 4.52. The van der Waals surface area contributed by atoms with Crippen LogP contribution in [0, 0.1) is 5.21 Å². The normalized spacial score (nSPS) is 20.7. The largest absolute Gasteiger partial charge is 0.618 e. The predicted octanol–water partition coefficient (Wildman–Crippen LogP) is 2.11. The number of β-amino-alcohol motifs (C(OH)–C–C–N with tert-alkyl or cyclic N) is 1. The van der Waals surface area contributed by atoms with Crippen molar-refractivity contribution in [2.24, 2.45) is 0 Å². The first-order valence-electron chi connectivity index (χ1n) is 11.6. The van der Waals surface area contributed by atoms with Gasteiger partial charge < -0.3 is 24.5 Å². The first-order valence-corrected chi connectivity index (χ1v) is 11.6. The van der Waals surface area contributed by atoms with Crippen LogP contribution < -0.4 is 9.47 Å². The van der Waals surface area contributed by atoms with Crippen LogP contribution in [0.5, 0.6) is 5.75 Å². The van der Waals surface area contributed by atoms with E-state index in [4.69, 9.17) is 14.2 Å². The van der Waals surface area contributed by atoms with Gasteiger partial charge in [0.25, 0.3) is 0 Å². The zero-order valence-electron chi connectivity index (χ0n) is 18.6. The summed E-state index contributed by atoms with van der Waals surface area (Å²) in [6.45, 7) is 4.43. The Morgan fingerprint density at radius 2 is 2.06 bits per heavy atom. The second-order valence-electron chi connectivity index (χ2n) is 8.60. The SMILES string of the molecule is [O-][n+]1ccc(OCC(O)CN2CCOCC2)c2ccc(-c3ccnn3C3CCCCO3)cc21. The Bertz CT molecular complexity index is 1080. The molecular weight excluding hydrogens is 424 g/mol. The molecule has 1 N–H and O–H groups in total. The molecule has 2 aliphatic heterocycles. The number of hydrogen-bond acceptors (Lipinski definition) is 7. The highest BCUT2D eigenvalue weighted by Crippen LogP contribution is 2.31. The number of pyridine rings is 1. The van der Waals surface area contributed by atoms with E-state index in [9.17, 15) is 10.3 Å². The van der Waals surface area contributed by atoms with Crippen molar-refractivity contribution >= 4 is 10.9 Å². The van der Waals surface area contributed by atoms with Crippen molar-refractivity contribution in [3.63, 3.8) is 0 Å². The number of hydrogen-bond donors (Lipinski definition) is 1. The van der Waals surface area contributed by atoms with Gasteiger partial charge in [-0.1, -0.05) is 6.07 Å². The van der Waals surface area contributed by atoms with E-state index in [1.165, 1.54) is 6.20 Å². The Balaban J connectivity index is 1.34. The molecule has 0 aliphatic carbocycles. The van der Waals surface area contributed by atoms with Crippen molar-refractivity contribution in [3.05, 3.63) is 47.9 Å². The van der Waals surface area contributed by atoms with E-state index >= 15 is 0 Å². The summed E-state index contributed by atoms with van der Waals surface area (Å²) in [5.74, 6) is 0.578. The van der Waals surface area contributed by atoms with Crippen molar-refractivity contribution in [3.8, 4) is 17.0 Å². The van der Waals surface area contributed by atoms with E-state index < -0.39 is 6.10 Å². The summed E-state index contributed by atoms with van der Waals surface area (Å²) < 4.78 is 19.9. The van der Waals surface area contributed by atoms with Gasteiger partial charge in [-0.15, -0.1) is 0 Å². The molecule has 176 valence electrons. The molecule has 9 nitrogen and oxygen atoms in total. The third-order valence-corrected chi connectivity index (χ3v) is 6.26. The Morgan fingerprint density at radius 1 is 1.18 bits per heavy atom. The fraction of sp³-hybridized carbons (Fsp3) is 0.500. The Labute approximate surface area is 192 Å². The molecule has 33 heavy (non-hydrogen) atoms. The lowest BCUT2D eigenvalue weighted by atomic mass is 10.1. The summed E-state index contributed by atoms with van der Waals surface area (Å²) in [4.78, 5) is 2.16. The zero-order chi connectivity index (χ0) is 22.6. The molecule has 2 saturated heterocycles. The van der Waals surface area contributed by atoms with Crippen LogP contribution in [-0.4, -0.2) is 72.0 Å². The van der Waals surface area contributed by atoms with Gasteiger partial charge in [-0.3, -0.25) is 4.90 Å². The molecule has 0 amide bonds. The van der Waals surface area contributed by atoms with Crippen LogP contribution in [0.1, 0.15) is 25.5 Å². The van der Waals surface area contributed by atoms with Crippen molar-refractivity contribution in [1.82, 2.24) is 14.7 Å². The number of aliphatic hydroxyl groups excluding tert-OH is 1. The van der Waals surface area contributed by atoms with E-state index in [0.717, 1.165) is 54.9 Å². The monoisotopic (exact) mass is 454 g/mol. The number of rotatable bonds is 7. The van der Waals surface area contributed by atoms with Crippen LogP contribution in [0.25, 0.3) is 22.2 Å². The van der Waals surface area contributed by atoms with E-state index in [1.54, 1.807) is 12.3 Å². The van der Waals surface area contributed by atoms with E-state index in [2.05, 4.69) is 10.00 Å². The number of ether oxygens (including phenoxy) is 3. The summed E-state index contributed by atoms with van der Waals surface area (Å²) in [5, 5.41) is 28.2. The molecule has 2 fully saturated rings. The maximum atomic E-state index is 12.6. The topological polar surface area (TPSA) is 95.9 Å². The molecule has 0 spiro atoms. The van der Waals surface area contributed by atoms with Gasteiger partial charge in [0.1, 0.15) is 18.5 Å². The number of aliphatic hydroxyl groups is 1. The maximum absolute atomic E-state index is 12.6. The Kier molecular flexibility index (Phi) is 6.73. The van der Waals surface area contributed by atoms with Crippen molar-refractivity contribution in [2.45, 2.75) is 31.6 Å². The van der Waals surface area contributed by atoms with Gasteiger partial charge in [-0.05, 0) is 31.4 Å². The third-order valence-electron chi connectivity index (χ3n) is 6.26. The molecule has 2 aromatic heterocycles. The van der Waals surface area contributed by atoms with Gasteiger partial charge in [-0.25, -0.2) is 4.68 Å². The quantitative estimate of drug-likeness (QED) is 0.431. The van der Waals surface area contributed by atoms with Crippen LogP contribution in [0.15, 0.2) is 42.7 Å². The van der Waals surface area contributed by atoms with Gasteiger partial charge in [0.2, 0.25) is 5.52 Å². The fourth-order valence-electron chi connectivity index (χ4n) is 4.52. The number of morpholine rings is 1. The van der Waals surface area contributed by atoms with Crippen LogP contribution in [0.2, 0.25) is 0 Å². The molecule has 9 heteroatoms. The van der Waals surface area contributed by atoms with Crippen molar-refractivity contribution in [1.29, 1.82) is 0 Å². The standard InChI is InChI=1S/C24H30N4O5/c29-19(16-26-10-13-31-14-11-26)17-33-23-7-9-27(30)22-15-18(4-5-20(22)23)21-6-8-25-28(21)24-3-1-2-12-32-24/h4-9,15,19,24,29H,1-3,10-14,16-17H2. The molecule has 0 bridgehead atoms. The minimum atomic E-state index is -0.623. The van der Waals surface area contributed by atoms with Gasteiger partial charge in [0.15, 0.2) is 12.4 Å². The Morgan fingerprint density at radius 3 is 2.88 bits per heavy atom. The molecule has 5 rings (SSSR count). The van der Waals surface area contributed by atoms with Gasteiger partial charge in [0.05, 0.1) is 24.3 Å². The number of fused-ring (bicyclic) bond motifs is 1. The van der Waals surface area contributed by atoms with Crippen LogP contribution in [-0.2, 0) is 9.47 Å². The Hall–Kier alpha value is -2.72. The molecule has 2 atom stereocenters. The average molecular weight is 455 g/mol. The number of aromatic nitrogens is 3.